The van der Waals surface area contributed by atoms with E-state index in [9.17, 15) is 26.4 Å². The second kappa shape index (κ2) is 6.73. The van der Waals surface area contributed by atoms with Gasteiger partial charge in [0.15, 0.2) is 9.84 Å². The van der Waals surface area contributed by atoms with Gasteiger partial charge in [0.05, 0.1) is 28.2 Å². The predicted octanol–water partition coefficient (Wildman–Crippen LogP) is 3.15. The van der Waals surface area contributed by atoms with Gasteiger partial charge in [0.1, 0.15) is 0 Å². The van der Waals surface area contributed by atoms with Gasteiger partial charge in [-0.3, -0.25) is 4.79 Å². The highest BCUT2D eigenvalue weighted by Crippen LogP contribution is 2.56. The van der Waals surface area contributed by atoms with E-state index >= 15 is 4.39 Å². The molecule has 0 saturated carbocycles. The zero-order valence-electron chi connectivity index (χ0n) is 18.7. The number of rotatable bonds is 3. The number of fused-ring (bicyclic) bond motifs is 2. The first-order chi connectivity index (χ1) is 15.1. The van der Waals surface area contributed by atoms with Gasteiger partial charge in [-0.2, -0.15) is 0 Å². The van der Waals surface area contributed by atoms with E-state index in [4.69, 9.17) is 4.74 Å². The van der Waals surface area contributed by atoms with Crippen LogP contribution in [0.3, 0.4) is 0 Å². The first-order valence-electron chi connectivity index (χ1n) is 10.1. The van der Waals surface area contributed by atoms with Gasteiger partial charge >= 0.3 is 5.97 Å². The number of hydrogen-bond donors (Lipinski definition) is 0. The molecule has 1 atom stereocenters. The van der Waals surface area contributed by atoms with Gasteiger partial charge in [-0.1, -0.05) is 45.9 Å². The zero-order valence-corrected chi connectivity index (χ0v) is 20.4. The third kappa shape index (κ3) is 2.76. The molecule has 0 spiro atoms. The Morgan fingerprint density at radius 3 is 2.00 bits per heavy atom. The number of sulfone groups is 2. The van der Waals surface area contributed by atoms with Crippen LogP contribution in [0.4, 0.5) is 4.39 Å². The first kappa shape index (κ1) is 23.6. The number of esters is 1. The van der Waals surface area contributed by atoms with E-state index in [0.29, 0.717) is 0 Å². The third-order valence-corrected chi connectivity index (χ3v) is 11.1. The second-order valence-electron chi connectivity index (χ2n) is 9.54. The van der Waals surface area contributed by atoms with Crippen LogP contribution in [0.25, 0.3) is 0 Å². The summed E-state index contributed by atoms with van der Waals surface area (Å²) < 4.78 is 74.1. The molecule has 7 nitrogen and oxygen atoms in total. The molecule has 2 aliphatic rings. The van der Waals surface area contributed by atoms with Crippen molar-refractivity contribution in [2.75, 3.05) is 12.9 Å². The van der Waals surface area contributed by atoms with Crippen molar-refractivity contribution in [3.63, 3.8) is 0 Å². The van der Waals surface area contributed by atoms with Crippen LogP contribution in [-0.2, 0) is 35.2 Å². The number of methoxy groups -OCH3 is 1. The minimum Gasteiger partial charge on any atom is -0.465 e. The number of alkyl halides is 1. The van der Waals surface area contributed by atoms with Crippen LogP contribution in [0.1, 0.15) is 59.5 Å². The predicted molar refractivity (Wildman–Crippen MR) is 118 cm³/mol. The smallest absolute Gasteiger partial charge is 0.338 e. The molecule has 0 amide bonds. The van der Waals surface area contributed by atoms with Crippen LogP contribution in [0, 0.1) is 0 Å². The maximum atomic E-state index is 17.0. The van der Waals surface area contributed by atoms with Gasteiger partial charge in [0.2, 0.25) is 15.6 Å². The lowest BCUT2D eigenvalue weighted by Crippen LogP contribution is -2.52. The standard InChI is InChI=1S/C23H23FO7S2/c1-21(2)12-32(27,28)15-10-6-8-13(17(15)21)19(25)23(24)22(3,4)18-14(20(26)31-5)9-7-11-16(18)33(23,29)30/h6-11H,12H2,1-5H3. The summed E-state index contributed by atoms with van der Waals surface area (Å²) in [6.45, 7) is 5.70. The van der Waals surface area contributed by atoms with E-state index in [2.05, 4.69) is 0 Å². The largest absolute Gasteiger partial charge is 0.465 e. The number of carbonyl (C=O) groups is 2. The van der Waals surface area contributed by atoms with Crippen LogP contribution in [0.2, 0.25) is 0 Å². The zero-order chi connectivity index (χ0) is 24.8. The summed E-state index contributed by atoms with van der Waals surface area (Å²) in [4.78, 5) is 25.6. The fraction of sp³-hybridized carbons (Fsp3) is 0.391. The Labute approximate surface area is 191 Å². The normalized spacial score (nSPS) is 25.2. The lowest BCUT2D eigenvalue weighted by Gasteiger charge is -2.33. The Morgan fingerprint density at radius 1 is 0.879 bits per heavy atom. The Hall–Kier alpha value is -2.59. The van der Waals surface area contributed by atoms with Gasteiger partial charge < -0.3 is 4.74 Å². The van der Waals surface area contributed by atoms with Crippen LogP contribution in [0.15, 0.2) is 46.2 Å². The SMILES string of the molecule is COC(=O)c1cccc2c1C(C)(C)C(F)(C(=O)c1cccc3c1C(C)(C)CS3(=O)=O)S2(=O)=O. The molecule has 0 aromatic heterocycles. The van der Waals surface area contributed by atoms with Gasteiger partial charge in [0.25, 0.3) is 5.00 Å². The third-order valence-electron chi connectivity index (χ3n) is 6.65. The molecule has 176 valence electrons. The molecular formula is C23H23FO7S2. The molecule has 2 aliphatic heterocycles. The van der Waals surface area contributed by atoms with Crippen molar-refractivity contribution < 1.29 is 35.6 Å². The fourth-order valence-corrected chi connectivity index (χ4v) is 9.77. The number of Topliss-reactive ketones (excluding diaryl/α,β-unsaturated/α-hetero) is 1. The minimum atomic E-state index is -4.92. The van der Waals surface area contributed by atoms with E-state index in [0.717, 1.165) is 13.2 Å². The molecule has 0 bridgehead atoms. The molecule has 0 fully saturated rings. The van der Waals surface area contributed by atoms with Gasteiger partial charge in [-0.15, -0.1) is 0 Å². The molecule has 10 heteroatoms. The summed E-state index contributed by atoms with van der Waals surface area (Å²) in [5.41, 5.74) is -3.52. The molecule has 0 saturated heterocycles. The molecule has 1 unspecified atom stereocenters. The van der Waals surface area contributed by atoms with Crippen LogP contribution in [-0.4, -0.2) is 46.5 Å². The summed E-state index contributed by atoms with van der Waals surface area (Å²) in [7, 11) is -7.54. The number of halogens is 1. The maximum absolute atomic E-state index is 17.0. The Bertz CT molecular complexity index is 1450. The highest BCUT2D eigenvalue weighted by atomic mass is 32.2. The van der Waals surface area contributed by atoms with Crippen molar-refractivity contribution in [2.45, 2.75) is 53.3 Å². The molecule has 0 radical (unpaired) electrons. The summed E-state index contributed by atoms with van der Waals surface area (Å²) in [6.07, 6.45) is 0. The summed E-state index contributed by atoms with van der Waals surface area (Å²) in [6, 6.07) is 7.63. The quantitative estimate of drug-likeness (QED) is 0.476. The van der Waals surface area contributed by atoms with E-state index in [1.807, 2.05) is 0 Å². The van der Waals surface area contributed by atoms with Gasteiger partial charge in [-0.25, -0.2) is 26.0 Å². The topological polar surface area (TPSA) is 112 Å². The Morgan fingerprint density at radius 2 is 1.42 bits per heavy atom. The molecule has 0 N–H and O–H groups in total. The maximum Gasteiger partial charge on any atom is 0.338 e. The second-order valence-corrected chi connectivity index (χ2v) is 13.5. The van der Waals surface area contributed by atoms with Crippen LogP contribution in [0.5, 0.6) is 0 Å². The average Bonchev–Trinajstić information content (AvgIpc) is 3.01. The lowest BCUT2D eigenvalue weighted by atomic mass is 9.73. The summed E-state index contributed by atoms with van der Waals surface area (Å²) in [5, 5.41) is -3.48. The molecule has 4 rings (SSSR count). The number of ether oxygens (including phenoxy) is 1. The van der Waals surface area contributed by atoms with Crippen molar-refractivity contribution in [2.24, 2.45) is 0 Å². The molecular weight excluding hydrogens is 471 g/mol. The summed E-state index contributed by atoms with van der Waals surface area (Å²) in [5.74, 6) is -2.51. The highest BCUT2D eigenvalue weighted by Gasteiger charge is 2.70. The average molecular weight is 495 g/mol. The Kier molecular flexibility index (Phi) is 4.80. The number of ketones is 1. The fourth-order valence-electron chi connectivity index (χ4n) is 5.21. The van der Waals surface area contributed by atoms with Gasteiger partial charge in [-0.05, 0) is 29.3 Å². The van der Waals surface area contributed by atoms with Crippen LogP contribution < -0.4 is 0 Å². The monoisotopic (exact) mass is 494 g/mol. The van der Waals surface area contributed by atoms with Crippen LogP contribution >= 0.6 is 0 Å². The lowest BCUT2D eigenvalue weighted by molar-refractivity contribution is 0.0587. The molecule has 2 heterocycles. The molecule has 2 aromatic rings. The Balaban J connectivity index is 2.04. The highest BCUT2D eigenvalue weighted by molar-refractivity contribution is 7.94. The number of carbonyl (C=O) groups excluding carboxylic acids is 2. The number of benzene rings is 2. The van der Waals surface area contributed by atoms with Gasteiger partial charge in [0, 0.05) is 16.4 Å². The van der Waals surface area contributed by atoms with Crippen molar-refractivity contribution >= 4 is 31.4 Å². The van der Waals surface area contributed by atoms with E-state index in [-0.39, 0.29) is 32.9 Å². The van der Waals surface area contributed by atoms with E-state index < -0.39 is 52.2 Å². The van der Waals surface area contributed by atoms with E-state index in [1.54, 1.807) is 13.8 Å². The number of hydrogen-bond acceptors (Lipinski definition) is 7. The molecule has 33 heavy (non-hydrogen) atoms. The van der Waals surface area contributed by atoms with Crippen molar-refractivity contribution in [1.29, 1.82) is 0 Å². The van der Waals surface area contributed by atoms with Crippen molar-refractivity contribution in [3.8, 4) is 0 Å². The van der Waals surface area contributed by atoms with E-state index in [1.165, 1.54) is 44.2 Å². The first-order valence-corrected chi connectivity index (χ1v) is 13.3. The molecule has 2 aromatic carbocycles. The minimum absolute atomic E-state index is 0.0992. The molecule has 0 aliphatic carbocycles. The van der Waals surface area contributed by atoms with Crippen molar-refractivity contribution in [1.82, 2.24) is 0 Å². The summed E-state index contributed by atoms with van der Waals surface area (Å²) >= 11 is 0. The van der Waals surface area contributed by atoms with Crippen molar-refractivity contribution in [3.05, 3.63) is 58.7 Å².